The molecular weight excluding hydrogens is 639 g/mol. The Balaban J connectivity index is 1.31. The van der Waals surface area contributed by atoms with Crippen molar-refractivity contribution in [1.82, 2.24) is 23.4 Å². The average molecular weight is 688 g/mol. The van der Waals surface area contributed by atoms with Crippen LogP contribution in [-0.2, 0) is 21.5 Å². The number of likely N-dealkylation sites (tertiary alicyclic amines) is 2. The van der Waals surface area contributed by atoms with Crippen molar-refractivity contribution in [3.63, 3.8) is 0 Å². The summed E-state index contributed by atoms with van der Waals surface area (Å²) in [5.41, 5.74) is 5.26. The van der Waals surface area contributed by atoms with Gasteiger partial charge in [0.2, 0.25) is 5.91 Å². The smallest absolute Gasteiger partial charge is 0.303 e. The largest absolute Gasteiger partial charge is 0.497 e. The molecule has 11 heteroatoms. The third kappa shape index (κ3) is 5.05. The van der Waals surface area contributed by atoms with Crippen LogP contribution < -0.4 is 9.46 Å². The Morgan fingerprint density at radius 1 is 1.00 bits per heavy atom. The van der Waals surface area contributed by atoms with Gasteiger partial charge in [0.25, 0.3) is 5.91 Å². The second kappa shape index (κ2) is 11.8. The summed E-state index contributed by atoms with van der Waals surface area (Å²) in [6.45, 7) is 5.39. The molecule has 1 N–H and O–H groups in total. The number of likely N-dealkylation sites (N-methyl/N-ethyl adjacent to an activating group) is 1. The molecule has 262 valence electrons. The number of carbonyl (C=O) groups excluding carboxylic acids is 2. The van der Waals surface area contributed by atoms with Crippen molar-refractivity contribution < 1.29 is 22.7 Å². The minimum atomic E-state index is -3.97. The van der Waals surface area contributed by atoms with Crippen LogP contribution >= 0.6 is 0 Å². The highest BCUT2D eigenvalue weighted by Crippen LogP contribution is 2.70. The van der Waals surface area contributed by atoms with E-state index in [0.29, 0.717) is 24.4 Å². The Kier molecular flexibility index (Phi) is 7.92. The van der Waals surface area contributed by atoms with Crippen molar-refractivity contribution in [3.8, 4) is 17.0 Å². The molecule has 4 unspecified atom stereocenters. The van der Waals surface area contributed by atoms with Gasteiger partial charge < -0.3 is 19.1 Å². The zero-order valence-corrected chi connectivity index (χ0v) is 30.2. The fourth-order valence-electron chi connectivity index (χ4n) is 10.1. The van der Waals surface area contributed by atoms with Crippen LogP contribution in [0, 0.1) is 17.3 Å². The number of hydrogen-bond acceptors (Lipinski definition) is 6. The molecule has 8 rings (SSSR count). The number of carbonyl (C=O) groups is 2. The van der Waals surface area contributed by atoms with E-state index in [2.05, 4.69) is 45.2 Å². The van der Waals surface area contributed by atoms with Gasteiger partial charge in [-0.3, -0.25) is 9.59 Å². The Bertz CT molecular complexity index is 1950. The highest BCUT2D eigenvalue weighted by molar-refractivity contribution is 7.87. The molecule has 5 atom stereocenters. The Hall–Kier alpha value is -3.41. The summed E-state index contributed by atoms with van der Waals surface area (Å²) in [7, 11) is 2.71. The Morgan fingerprint density at radius 3 is 2.49 bits per heavy atom. The lowest BCUT2D eigenvalue weighted by Gasteiger charge is -2.33. The Morgan fingerprint density at radius 2 is 1.78 bits per heavy atom. The number of hydrogen-bond donors (Lipinski definition) is 1. The van der Waals surface area contributed by atoms with Gasteiger partial charge in [-0.05, 0) is 98.5 Å². The van der Waals surface area contributed by atoms with E-state index >= 15 is 4.79 Å². The topological polar surface area (TPSA) is 104 Å². The normalized spacial score (nSPS) is 28.4. The van der Waals surface area contributed by atoms with E-state index in [-0.39, 0.29) is 23.3 Å². The van der Waals surface area contributed by atoms with Gasteiger partial charge in [0, 0.05) is 67.7 Å². The van der Waals surface area contributed by atoms with Gasteiger partial charge in [0.05, 0.1) is 18.2 Å². The van der Waals surface area contributed by atoms with Crippen LogP contribution in [0.25, 0.3) is 22.2 Å². The highest BCUT2D eigenvalue weighted by atomic mass is 32.2. The molecule has 5 aliphatic rings. The summed E-state index contributed by atoms with van der Waals surface area (Å²) in [5.74, 6) is 1.37. The van der Waals surface area contributed by atoms with Crippen LogP contribution in [0.3, 0.4) is 0 Å². The lowest BCUT2D eigenvalue weighted by molar-refractivity contribution is -0.137. The molecule has 2 saturated heterocycles. The van der Waals surface area contributed by atoms with Crippen molar-refractivity contribution in [2.24, 2.45) is 17.3 Å². The molecule has 2 amide bonds. The van der Waals surface area contributed by atoms with Crippen LogP contribution in [0.4, 0.5) is 0 Å². The number of amides is 2. The van der Waals surface area contributed by atoms with E-state index in [1.54, 1.807) is 13.2 Å². The maximum absolute atomic E-state index is 15.1. The van der Waals surface area contributed by atoms with Crippen LogP contribution in [0.1, 0.15) is 85.2 Å². The van der Waals surface area contributed by atoms with Crippen molar-refractivity contribution in [3.05, 3.63) is 53.1 Å². The van der Waals surface area contributed by atoms with E-state index in [9.17, 15) is 13.2 Å². The number of ether oxygens (including phenoxy) is 1. The fourth-order valence-corrected chi connectivity index (χ4v) is 10.7. The predicted molar refractivity (Wildman–Crippen MR) is 190 cm³/mol. The number of piperidine rings is 1. The summed E-state index contributed by atoms with van der Waals surface area (Å²) in [6, 6.07) is 12.4. The van der Waals surface area contributed by atoms with Gasteiger partial charge in [0.1, 0.15) is 5.75 Å². The molecule has 0 spiro atoms. The number of rotatable bonds is 6. The third-order valence-corrected chi connectivity index (χ3v) is 14.3. The fraction of sp³-hybridized carbons (Fsp3) is 0.579. The molecule has 2 saturated carbocycles. The SMILES string of the molecule is COc1ccc2c(c1)C1C(C)[C@]1(C(=O)N1CC3CCCN(C)C3C1)Cn1c-2c(C2CCCCC2)c2ccc(C(=O)NS(=O)(=O)N(C)C)cc21. The summed E-state index contributed by atoms with van der Waals surface area (Å²) in [6.07, 6.45) is 8.09. The van der Waals surface area contributed by atoms with E-state index in [1.807, 2.05) is 18.2 Å². The zero-order valence-electron chi connectivity index (χ0n) is 29.4. The first kappa shape index (κ1) is 32.8. The number of aromatic nitrogens is 1. The second-order valence-corrected chi connectivity index (χ2v) is 17.4. The molecule has 4 heterocycles. The van der Waals surface area contributed by atoms with E-state index in [4.69, 9.17) is 4.74 Å². The molecule has 10 nitrogen and oxygen atoms in total. The first-order valence-corrected chi connectivity index (χ1v) is 19.5. The lowest BCUT2D eigenvalue weighted by atomic mass is 9.81. The first-order valence-electron chi connectivity index (χ1n) is 18.0. The predicted octanol–water partition coefficient (Wildman–Crippen LogP) is 5.19. The third-order valence-electron chi connectivity index (χ3n) is 12.9. The van der Waals surface area contributed by atoms with Crippen LogP contribution in [0.2, 0.25) is 0 Å². The summed E-state index contributed by atoms with van der Waals surface area (Å²) >= 11 is 0. The van der Waals surface area contributed by atoms with Crippen molar-refractivity contribution >= 4 is 32.9 Å². The maximum atomic E-state index is 15.1. The van der Waals surface area contributed by atoms with Gasteiger partial charge in [-0.1, -0.05) is 32.3 Å². The molecule has 1 aromatic heterocycles. The van der Waals surface area contributed by atoms with Gasteiger partial charge in [-0.25, -0.2) is 4.72 Å². The first-order chi connectivity index (χ1) is 23.5. The monoisotopic (exact) mass is 687 g/mol. The van der Waals surface area contributed by atoms with Gasteiger partial charge in [-0.2, -0.15) is 12.7 Å². The molecule has 3 aliphatic heterocycles. The number of benzene rings is 2. The molecule has 0 radical (unpaired) electrons. The molecule has 4 fully saturated rings. The second-order valence-electron chi connectivity index (χ2n) is 15.6. The molecule has 49 heavy (non-hydrogen) atoms. The summed E-state index contributed by atoms with van der Waals surface area (Å²) in [5, 5.41) is 1.08. The van der Waals surface area contributed by atoms with Crippen LogP contribution in [-0.4, -0.2) is 92.8 Å². The molecule has 2 aliphatic carbocycles. The lowest BCUT2D eigenvalue weighted by Crippen LogP contribution is -2.43. The molecular formula is C38H49N5O5S. The van der Waals surface area contributed by atoms with Gasteiger partial charge in [0.15, 0.2) is 0 Å². The average Bonchev–Trinajstić information content (AvgIpc) is 3.34. The summed E-state index contributed by atoms with van der Waals surface area (Å²) in [4.78, 5) is 33.2. The Labute approximate surface area is 289 Å². The molecule has 0 bridgehead atoms. The molecule has 3 aromatic rings. The number of nitrogens with zero attached hydrogens (tertiary/aromatic N) is 4. The maximum Gasteiger partial charge on any atom is 0.303 e. The van der Waals surface area contributed by atoms with E-state index < -0.39 is 21.5 Å². The van der Waals surface area contributed by atoms with Gasteiger partial charge >= 0.3 is 10.2 Å². The standard InChI is InChI=1S/C38H49N5O5S/c1-23-34-30-19-27(48-5)14-16-28(30)35-33(24-10-7-6-8-11-24)29-15-13-25(36(44)39-49(46,47)40(2)3)18-31(29)43(35)22-38(23,34)37(45)42-20-26-12-9-17-41(4)32(26)21-42/h13-16,18-19,23-24,26,32,34H,6-12,17,20-22H2,1-5H3,(H,39,44)/t23?,26?,32?,34?,38-/m1/s1. The molecule has 2 aromatic carbocycles. The quantitative estimate of drug-likeness (QED) is 0.383. The number of fused-ring (bicyclic) bond motifs is 8. The number of nitrogens with one attached hydrogen (secondary N) is 1. The van der Waals surface area contributed by atoms with Gasteiger partial charge in [-0.15, -0.1) is 0 Å². The number of methoxy groups -OCH3 is 1. The van der Waals surface area contributed by atoms with Crippen molar-refractivity contribution in [1.29, 1.82) is 0 Å². The van der Waals surface area contributed by atoms with E-state index in [0.717, 1.165) is 71.1 Å². The highest BCUT2D eigenvalue weighted by Gasteiger charge is 2.70. The minimum Gasteiger partial charge on any atom is -0.497 e. The minimum absolute atomic E-state index is 0.0383. The van der Waals surface area contributed by atoms with Crippen molar-refractivity contribution in [2.75, 3.05) is 47.9 Å². The van der Waals surface area contributed by atoms with Crippen LogP contribution in [0.5, 0.6) is 5.75 Å². The van der Waals surface area contributed by atoms with Crippen molar-refractivity contribution in [2.45, 2.75) is 76.3 Å². The summed E-state index contributed by atoms with van der Waals surface area (Å²) < 4.78 is 36.6. The van der Waals surface area contributed by atoms with Crippen LogP contribution in [0.15, 0.2) is 36.4 Å². The zero-order chi connectivity index (χ0) is 34.4. The van der Waals surface area contributed by atoms with E-state index in [1.165, 1.54) is 50.9 Å².